The van der Waals surface area contributed by atoms with Gasteiger partial charge in [-0.15, -0.1) is 0 Å². The van der Waals surface area contributed by atoms with Crippen molar-refractivity contribution in [3.05, 3.63) is 27.8 Å². The lowest BCUT2D eigenvalue weighted by Crippen LogP contribution is -2.31. The maximum atomic E-state index is 9.63. The van der Waals surface area contributed by atoms with Gasteiger partial charge in [-0.05, 0) is 61.0 Å². The fourth-order valence-corrected chi connectivity index (χ4v) is 1.65. The summed E-state index contributed by atoms with van der Waals surface area (Å²) in [5, 5.41) is 12.8. The van der Waals surface area contributed by atoms with Crippen molar-refractivity contribution in [2.24, 2.45) is 0 Å². The average Bonchev–Trinajstić information content (AvgIpc) is 2.16. The molecule has 0 bridgehead atoms. The zero-order valence-corrected chi connectivity index (χ0v) is 11.2. The summed E-state index contributed by atoms with van der Waals surface area (Å²) in [6.07, 6.45) is -0.334. The Morgan fingerprint density at radius 3 is 2.47 bits per heavy atom. The fourth-order valence-electron chi connectivity index (χ4n) is 1.29. The summed E-state index contributed by atoms with van der Waals surface area (Å²) in [4.78, 5) is 1.97. The minimum Gasteiger partial charge on any atom is -0.390 e. The first kappa shape index (κ1) is 12.7. The molecule has 0 radical (unpaired) electrons. The van der Waals surface area contributed by atoms with Crippen LogP contribution in [0.3, 0.4) is 0 Å². The van der Waals surface area contributed by atoms with Gasteiger partial charge in [-0.2, -0.15) is 0 Å². The van der Waals surface area contributed by atoms with Crippen molar-refractivity contribution in [2.75, 3.05) is 32.5 Å². The molecule has 1 unspecified atom stereocenters. The Balaban J connectivity index is 2.33. The molecule has 84 valence electrons. The van der Waals surface area contributed by atoms with Crippen LogP contribution in [0.15, 0.2) is 24.3 Å². The van der Waals surface area contributed by atoms with E-state index in [1.54, 1.807) is 0 Å². The van der Waals surface area contributed by atoms with E-state index < -0.39 is 0 Å². The third-order valence-corrected chi connectivity index (χ3v) is 2.68. The predicted octanol–water partition coefficient (Wildman–Crippen LogP) is 1.63. The van der Waals surface area contributed by atoms with Crippen molar-refractivity contribution in [1.82, 2.24) is 4.90 Å². The third kappa shape index (κ3) is 5.34. The number of nitrogens with zero attached hydrogens (tertiary/aromatic N) is 1. The highest BCUT2D eigenvalue weighted by atomic mass is 127. The summed E-state index contributed by atoms with van der Waals surface area (Å²) in [6.45, 7) is 1.26. The number of aliphatic hydroxyl groups excluding tert-OH is 1. The van der Waals surface area contributed by atoms with Gasteiger partial charge in [-0.1, -0.05) is 0 Å². The number of rotatable bonds is 5. The van der Waals surface area contributed by atoms with Gasteiger partial charge in [0.15, 0.2) is 0 Å². The highest BCUT2D eigenvalue weighted by molar-refractivity contribution is 14.1. The van der Waals surface area contributed by atoms with Crippen LogP contribution < -0.4 is 5.32 Å². The number of anilines is 1. The van der Waals surface area contributed by atoms with Crippen molar-refractivity contribution in [2.45, 2.75) is 6.10 Å². The SMILES string of the molecule is CN(C)CC(O)CNc1ccc(I)cc1. The van der Waals surface area contributed by atoms with E-state index in [2.05, 4.69) is 27.9 Å². The number of halogens is 1. The first-order valence-electron chi connectivity index (χ1n) is 4.90. The second kappa shape index (κ2) is 6.30. The molecule has 0 saturated heterocycles. The van der Waals surface area contributed by atoms with Crippen LogP contribution in [0.25, 0.3) is 0 Å². The fraction of sp³-hybridized carbons (Fsp3) is 0.455. The van der Waals surface area contributed by atoms with Crippen molar-refractivity contribution in [1.29, 1.82) is 0 Å². The van der Waals surface area contributed by atoms with Gasteiger partial charge in [0.2, 0.25) is 0 Å². The quantitative estimate of drug-likeness (QED) is 0.810. The van der Waals surface area contributed by atoms with Crippen LogP contribution in [0.4, 0.5) is 5.69 Å². The van der Waals surface area contributed by atoms with Crippen LogP contribution in [0, 0.1) is 3.57 Å². The van der Waals surface area contributed by atoms with Gasteiger partial charge >= 0.3 is 0 Å². The Bertz CT molecular complexity index is 287. The van der Waals surface area contributed by atoms with Crippen LogP contribution in [-0.2, 0) is 0 Å². The standard InChI is InChI=1S/C11H17IN2O/c1-14(2)8-11(15)7-13-10-5-3-9(12)4-6-10/h3-6,11,13,15H,7-8H2,1-2H3. The molecule has 15 heavy (non-hydrogen) atoms. The molecule has 4 heteroatoms. The Kier molecular flexibility index (Phi) is 5.35. The summed E-state index contributed by atoms with van der Waals surface area (Å²) in [7, 11) is 3.90. The van der Waals surface area contributed by atoms with Gasteiger partial charge in [0, 0.05) is 22.3 Å². The molecule has 1 aromatic rings. The van der Waals surface area contributed by atoms with Crippen LogP contribution in [0.1, 0.15) is 0 Å². The highest BCUT2D eigenvalue weighted by Gasteiger charge is 2.04. The number of hydrogen-bond acceptors (Lipinski definition) is 3. The summed E-state index contributed by atoms with van der Waals surface area (Å²) in [5.74, 6) is 0. The number of aliphatic hydroxyl groups is 1. The summed E-state index contributed by atoms with van der Waals surface area (Å²) < 4.78 is 1.21. The molecule has 2 N–H and O–H groups in total. The van der Waals surface area contributed by atoms with Crippen molar-refractivity contribution in [3.8, 4) is 0 Å². The predicted molar refractivity (Wildman–Crippen MR) is 72.2 cm³/mol. The van der Waals surface area contributed by atoms with Crippen molar-refractivity contribution >= 4 is 28.3 Å². The van der Waals surface area contributed by atoms with E-state index in [0.29, 0.717) is 13.1 Å². The molecule has 0 aliphatic carbocycles. The molecule has 3 nitrogen and oxygen atoms in total. The van der Waals surface area contributed by atoms with Crippen LogP contribution >= 0.6 is 22.6 Å². The Hall–Kier alpha value is -0.330. The van der Waals surface area contributed by atoms with E-state index in [9.17, 15) is 5.11 Å². The van der Waals surface area contributed by atoms with Crippen molar-refractivity contribution < 1.29 is 5.11 Å². The molecule has 1 atom stereocenters. The monoisotopic (exact) mass is 320 g/mol. The lowest BCUT2D eigenvalue weighted by atomic mass is 10.3. The second-order valence-electron chi connectivity index (χ2n) is 3.80. The van der Waals surface area contributed by atoms with Crippen LogP contribution in [-0.4, -0.2) is 43.3 Å². The lowest BCUT2D eigenvalue weighted by molar-refractivity contribution is 0.148. The lowest BCUT2D eigenvalue weighted by Gasteiger charge is -2.16. The molecule has 0 aliphatic heterocycles. The molecule has 0 aliphatic rings. The Morgan fingerprint density at radius 2 is 1.93 bits per heavy atom. The summed E-state index contributed by atoms with van der Waals surface area (Å²) in [5.41, 5.74) is 1.05. The molecule has 0 amide bonds. The molecule has 0 saturated carbocycles. The number of nitrogens with one attached hydrogen (secondary N) is 1. The highest BCUT2D eigenvalue weighted by Crippen LogP contribution is 2.10. The van der Waals surface area contributed by atoms with E-state index >= 15 is 0 Å². The van der Waals surface area contributed by atoms with E-state index in [0.717, 1.165) is 5.69 Å². The first-order chi connectivity index (χ1) is 7.08. The van der Waals surface area contributed by atoms with Gasteiger partial charge in [-0.25, -0.2) is 0 Å². The average molecular weight is 320 g/mol. The molecular weight excluding hydrogens is 303 g/mol. The molecular formula is C11H17IN2O. The van der Waals surface area contributed by atoms with Gasteiger partial charge in [-0.3, -0.25) is 0 Å². The van der Waals surface area contributed by atoms with Gasteiger partial charge in [0.25, 0.3) is 0 Å². The molecule has 1 aromatic carbocycles. The minimum atomic E-state index is -0.334. The zero-order valence-electron chi connectivity index (χ0n) is 9.07. The van der Waals surface area contributed by atoms with Crippen molar-refractivity contribution in [3.63, 3.8) is 0 Å². The first-order valence-corrected chi connectivity index (χ1v) is 5.98. The third-order valence-electron chi connectivity index (χ3n) is 1.96. The largest absolute Gasteiger partial charge is 0.390 e. The normalized spacial score (nSPS) is 12.9. The summed E-state index contributed by atoms with van der Waals surface area (Å²) in [6, 6.07) is 8.12. The van der Waals surface area contributed by atoms with Crippen LogP contribution in [0.5, 0.6) is 0 Å². The zero-order chi connectivity index (χ0) is 11.3. The van der Waals surface area contributed by atoms with E-state index in [1.807, 2.05) is 43.3 Å². The Morgan fingerprint density at radius 1 is 1.33 bits per heavy atom. The van der Waals surface area contributed by atoms with Gasteiger partial charge in [0.05, 0.1) is 6.10 Å². The maximum absolute atomic E-state index is 9.63. The van der Waals surface area contributed by atoms with E-state index in [-0.39, 0.29) is 6.10 Å². The Labute approximate surface area is 105 Å². The maximum Gasteiger partial charge on any atom is 0.0838 e. The number of likely N-dealkylation sites (N-methyl/N-ethyl adjacent to an activating group) is 1. The molecule has 0 aromatic heterocycles. The van der Waals surface area contributed by atoms with Gasteiger partial charge < -0.3 is 15.3 Å². The summed E-state index contributed by atoms with van der Waals surface area (Å²) >= 11 is 2.27. The number of benzene rings is 1. The van der Waals surface area contributed by atoms with Crippen LogP contribution in [0.2, 0.25) is 0 Å². The molecule has 1 rings (SSSR count). The van der Waals surface area contributed by atoms with E-state index in [4.69, 9.17) is 0 Å². The molecule has 0 spiro atoms. The number of hydrogen-bond donors (Lipinski definition) is 2. The topological polar surface area (TPSA) is 35.5 Å². The van der Waals surface area contributed by atoms with E-state index in [1.165, 1.54) is 3.57 Å². The van der Waals surface area contributed by atoms with Gasteiger partial charge in [0.1, 0.15) is 0 Å². The molecule has 0 heterocycles. The minimum absolute atomic E-state index is 0.334. The smallest absolute Gasteiger partial charge is 0.0838 e. The molecule has 0 fully saturated rings. The second-order valence-corrected chi connectivity index (χ2v) is 5.05.